The molecule has 3 amide bonds. The lowest BCUT2D eigenvalue weighted by Gasteiger charge is -2.14. The molecule has 13 N–H and O–H groups in total. The molecule has 0 saturated carbocycles. The fourth-order valence-electron chi connectivity index (χ4n) is 13.1. The molecular formula is C81H77BrF2N14O10S3. The number of nitrogens with one attached hydrogen (secondary N) is 7. The van der Waals surface area contributed by atoms with Crippen LogP contribution in [0.3, 0.4) is 0 Å². The van der Waals surface area contributed by atoms with Crippen LogP contribution in [0.4, 0.5) is 14.5 Å². The van der Waals surface area contributed by atoms with Crippen molar-refractivity contribution in [3.63, 3.8) is 0 Å². The van der Waals surface area contributed by atoms with Crippen molar-refractivity contribution in [1.29, 1.82) is 0 Å². The maximum absolute atomic E-state index is 13.3. The van der Waals surface area contributed by atoms with Crippen LogP contribution in [0.5, 0.6) is 5.75 Å². The molecule has 0 aliphatic carbocycles. The predicted molar refractivity (Wildman–Crippen MR) is 440 cm³/mol. The smallest absolute Gasteiger partial charge is 0.320 e. The maximum atomic E-state index is 13.3. The summed E-state index contributed by atoms with van der Waals surface area (Å²) in [6, 6.07) is 46.2. The number of hydrogen-bond donors (Lipinski definition) is 11. The van der Waals surface area contributed by atoms with Crippen molar-refractivity contribution in [2.24, 2.45) is 18.5 Å². The molecule has 0 radical (unpaired) electrons. The molecule has 9 heterocycles. The lowest BCUT2D eigenvalue weighted by molar-refractivity contribution is -0.139. The van der Waals surface area contributed by atoms with Crippen molar-refractivity contribution in [2.75, 3.05) is 18.5 Å². The number of aromatic amines is 4. The Kier molecular flexibility index (Phi) is 25.6. The summed E-state index contributed by atoms with van der Waals surface area (Å²) in [4.78, 5) is 97.7. The maximum Gasteiger partial charge on any atom is 0.320 e. The number of benzene rings is 7. The lowest BCUT2D eigenvalue weighted by atomic mass is 10.0. The van der Waals surface area contributed by atoms with Crippen LogP contribution in [0.15, 0.2) is 212 Å². The Balaban J connectivity index is 0.000000133. The number of H-pyrrole nitrogens is 4. The summed E-state index contributed by atoms with van der Waals surface area (Å²) in [5.74, 6) is -3.65. The van der Waals surface area contributed by atoms with Gasteiger partial charge in [-0.25, -0.2) is 8.78 Å². The molecule has 30 heteroatoms. The second-order valence-electron chi connectivity index (χ2n) is 26.2. The van der Waals surface area contributed by atoms with Gasteiger partial charge in [0.25, 0.3) is 17.7 Å². The monoisotopic (exact) mass is 1620 g/mol. The molecule has 6 aromatic heterocycles. The number of likely N-dealkylation sites (N-methyl/N-ethyl adjacent to an activating group) is 1. The number of anilines is 1. The van der Waals surface area contributed by atoms with E-state index in [0.29, 0.717) is 64.3 Å². The molecule has 3 saturated heterocycles. The second-order valence-corrected chi connectivity index (χ2v) is 28.3. The Hall–Kier alpha value is -12.1. The van der Waals surface area contributed by atoms with Crippen molar-refractivity contribution < 1.29 is 57.3 Å². The van der Waals surface area contributed by atoms with Crippen LogP contribution in [0.2, 0.25) is 0 Å². The van der Waals surface area contributed by atoms with Gasteiger partial charge in [-0.1, -0.05) is 113 Å². The van der Waals surface area contributed by atoms with Crippen LogP contribution < -0.4 is 37.1 Å². The fourth-order valence-corrected chi connectivity index (χ4v) is 14.4. The predicted octanol–water partition coefficient (Wildman–Crippen LogP) is 11.9. The van der Waals surface area contributed by atoms with Gasteiger partial charge in [-0.15, -0.1) is 6.58 Å². The number of nitrogens with zero attached hydrogens (tertiary/aromatic N) is 5. The number of esters is 1. The van der Waals surface area contributed by atoms with E-state index in [1.54, 1.807) is 29.0 Å². The molecule has 16 rings (SSSR count). The van der Waals surface area contributed by atoms with E-state index in [9.17, 15) is 42.3 Å². The van der Waals surface area contributed by atoms with Gasteiger partial charge in [-0.2, -0.15) is 0 Å². The zero-order chi connectivity index (χ0) is 79.5. The van der Waals surface area contributed by atoms with Gasteiger partial charge in [0.1, 0.15) is 41.8 Å². The lowest BCUT2D eigenvalue weighted by Crippen LogP contribution is -2.32. The summed E-state index contributed by atoms with van der Waals surface area (Å²) >= 11 is 19.0. The highest BCUT2D eigenvalue weighted by Gasteiger charge is 2.38. The number of carbonyl (C=O) groups is 7. The number of ether oxygens (including phenoxy) is 1. The molecule has 570 valence electrons. The van der Waals surface area contributed by atoms with Crippen molar-refractivity contribution in [2.45, 2.75) is 76.2 Å². The van der Waals surface area contributed by atoms with Crippen molar-refractivity contribution in [1.82, 2.24) is 54.8 Å². The zero-order valence-corrected chi connectivity index (χ0v) is 64.3. The third kappa shape index (κ3) is 18.6. The number of hydrogen-bond acceptors (Lipinski definition) is 13. The van der Waals surface area contributed by atoms with Crippen molar-refractivity contribution >= 4 is 181 Å². The Morgan fingerprint density at radius 3 is 1.57 bits per heavy atom. The summed E-state index contributed by atoms with van der Waals surface area (Å²) in [7, 11) is 3.64. The fraction of sp³-hybridized carbons (Fsp3) is 0.185. The molecule has 5 atom stereocenters. The summed E-state index contributed by atoms with van der Waals surface area (Å²) in [5, 5.41) is 33.8. The molecule has 5 unspecified atom stereocenters. The Morgan fingerprint density at radius 2 is 1.05 bits per heavy atom. The molecule has 3 fully saturated rings. The van der Waals surface area contributed by atoms with Gasteiger partial charge in [0, 0.05) is 162 Å². The number of fused-ring (bicyclic) bond motifs is 6. The Labute approximate surface area is 658 Å². The highest BCUT2D eigenvalue weighted by molar-refractivity contribution is 9.10. The SMILES string of the molecule is C=CCN1C(=O)C(Cc2c[nH]c3ccccc23)NC1=S.CC(=O)Oc1cn(C(C)=O)c2ccc(Br)cc12.CN1C(=O)C(Cc2c[nH]c3ccccc23)NC1=S.Cn1cc(CC(N)C(=O)O)c2ccccc21.NC(Cc1c[nH]c2c(F)cc(F)cc12)C(=O)O.O=C1C(Cc2c[nH]c3ccccc23)NC(=S)N1c1ccccc1. The average molecular weight is 1620 g/mol. The van der Waals surface area contributed by atoms with Gasteiger partial charge in [-0.05, 0) is 125 Å². The van der Waals surface area contributed by atoms with Crippen molar-refractivity contribution in [3.05, 3.63) is 251 Å². The molecule has 0 bridgehead atoms. The number of carboxylic acid groups (broad SMARTS) is 2. The number of aromatic nitrogens is 6. The zero-order valence-electron chi connectivity index (χ0n) is 60.3. The average Bonchev–Trinajstić information content (AvgIpc) is 1.66. The van der Waals surface area contributed by atoms with E-state index < -0.39 is 41.6 Å². The molecule has 111 heavy (non-hydrogen) atoms. The minimum Gasteiger partial charge on any atom is -0.480 e. The molecule has 3 aliphatic heterocycles. The van der Waals surface area contributed by atoms with Crippen LogP contribution in [0.25, 0.3) is 65.4 Å². The largest absolute Gasteiger partial charge is 0.480 e. The standard InChI is InChI=1S/C18H15N3OS.C15H15N3OS.C13H13N3OS.C12H10BrNO3.C12H14N2O2.C11H10F2N2O2/c22-17-16(10-12-11-19-15-9-5-4-8-14(12)15)20-18(23)21(17)13-6-2-1-3-7-13;1-2-7-18-14(19)13(17-15(18)20)8-10-9-16-12-6-4-3-5-11(10)12;1-16-12(17)11(15-13(16)18)6-8-7-14-10-5-3-2-4-9(8)10;1-7(15)14-6-12(17-8(2)16)10-5-9(13)3-4-11(10)14;1-14-7-8(6-10(13)12(15)16)9-4-2-3-5-11(9)14;12-6-2-7-5(1-9(14)11(16)17)4-15-10(7)8(13)3-6/h1-9,11,16,19H,10H2,(H,20,23);2-6,9,13,16H,1,7-8H2,(H,17,20);2-5,7,11,14H,6H2,1H3,(H,15,18);3-6H,1-2H3;2-5,7,10H,6,13H2,1H3,(H,15,16);2-4,9,15H,1,14H2,(H,16,17). The molecule has 24 nitrogen and oxygen atoms in total. The van der Waals surface area contributed by atoms with Crippen LogP contribution >= 0.6 is 52.6 Å². The number of nitrogens with two attached hydrogens (primary N) is 2. The first-order valence-corrected chi connectivity index (χ1v) is 36.8. The topological polar surface area (TPSA) is 340 Å². The van der Waals surface area contributed by atoms with E-state index in [1.165, 1.54) is 35.7 Å². The number of halogens is 3. The van der Waals surface area contributed by atoms with E-state index in [2.05, 4.69) is 76.6 Å². The van der Waals surface area contributed by atoms with Gasteiger partial charge in [0.15, 0.2) is 21.1 Å². The van der Waals surface area contributed by atoms with E-state index in [0.717, 1.165) is 99.1 Å². The van der Waals surface area contributed by atoms with Crippen LogP contribution in [0, 0.1) is 11.6 Å². The summed E-state index contributed by atoms with van der Waals surface area (Å²) in [6.45, 7) is 6.89. The van der Waals surface area contributed by atoms with Gasteiger partial charge < -0.3 is 66.9 Å². The first-order chi connectivity index (χ1) is 53.2. The molecule has 7 aromatic carbocycles. The Morgan fingerprint density at radius 1 is 0.559 bits per heavy atom. The third-order valence-corrected chi connectivity index (χ3v) is 20.1. The molecule has 13 aromatic rings. The third-order valence-electron chi connectivity index (χ3n) is 18.6. The van der Waals surface area contributed by atoms with Gasteiger partial charge in [0.05, 0.1) is 22.9 Å². The van der Waals surface area contributed by atoms with Crippen molar-refractivity contribution in [3.8, 4) is 5.75 Å². The minimum atomic E-state index is -1.16. The number of amides is 3. The first kappa shape index (κ1) is 80.0. The van der Waals surface area contributed by atoms with E-state index >= 15 is 0 Å². The number of carbonyl (C=O) groups excluding carboxylic acids is 5. The summed E-state index contributed by atoms with van der Waals surface area (Å²) in [6.07, 6.45) is 14.7. The number of rotatable bonds is 16. The highest BCUT2D eigenvalue weighted by atomic mass is 79.9. The number of aliphatic carboxylic acids is 2. The van der Waals surface area contributed by atoms with Gasteiger partial charge >= 0.3 is 17.9 Å². The minimum absolute atomic E-state index is 0.00789. The molecule has 3 aliphatic rings. The normalized spacial score (nSPS) is 15.6. The van der Waals surface area contributed by atoms with E-state index in [1.807, 2.05) is 158 Å². The molecular weight excluding hydrogens is 1540 g/mol. The number of aryl methyl sites for hydroxylation is 1. The number of carboxylic acids is 2. The second kappa shape index (κ2) is 35.5. The van der Waals surface area contributed by atoms with Gasteiger partial charge in [0.2, 0.25) is 5.91 Å². The van der Waals surface area contributed by atoms with Gasteiger partial charge in [-0.3, -0.25) is 52.8 Å². The van der Waals surface area contributed by atoms with Crippen LogP contribution in [-0.4, -0.2) is 150 Å². The Bertz CT molecular complexity index is 5740. The highest BCUT2D eigenvalue weighted by Crippen LogP contribution is 2.32. The van der Waals surface area contributed by atoms with Crippen LogP contribution in [-0.2, 0) is 67.9 Å². The summed E-state index contributed by atoms with van der Waals surface area (Å²) < 4.78 is 35.8. The van der Waals surface area contributed by atoms with E-state index in [-0.39, 0.29) is 53.7 Å². The number of thiocarbonyl (C=S) groups is 3. The first-order valence-electron chi connectivity index (χ1n) is 34.8. The quantitative estimate of drug-likeness (QED) is 0.0243. The van der Waals surface area contributed by atoms with Crippen LogP contribution in [0.1, 0.15) is 46.5 Å². The van der Waals surface area contributed by atoms with E-state index in [4.69, 9.17) is 63.1 Å². The molecule has 0 spiro atoms. The summed E-state index contributed by atoms with van der Waals surface area (Å²) in [5.41, 5.74) is 21.8. The number of para-hydroxylation sites is 5.